The van der Waals surface area contributed by atoms with Crippen molar-refractivity contribution in [2.45, 2.75) is 72.8 Å². The van der Waals surface area contributed by atoms with Crippen LogP contribution in [0.4, 0.5) is 5.82 Å². The number of aromatic nitrogens is 1. The van der Waals surface area contributed by atoms with E-state index in [2.05, 4.69) is 41.6 Å². The summed E-state index contributed by atoms with van der Waals surface area (Å²) in [5.74, 6) is -0.342. The zero-order chi connectivity index (χ0) is 35.0. The lowest BCUT2D eigenvalue weighted by Crippen LogP contribution is -2.62. The van der Waals surface area contributed by atoms with E-state index in [1.54, 1.807) is 12.3 Å². The third-order valence-corrected chi connectivity index (χ3v) is 17.7. The molecule has 2 N–H and O–H groups in total. The molecular weight excluding hydrogens is 840 g/mol. The van der Waals surface area contributed by atoms with Gasteiger partial charge in [-0.05, 0) is 112 Å². The normalized spacial score (nSPS) is 24.1. The first-order chi connectivity index (χ1) is 23.3. The highest BCUT2D eigenvalue weighted by atomic mass is 79.9. The van der Waals surface area contributed by atoms with Crippen molar-refractivity contribution in [2.75, 3.05) is 31.1 Å². The van der Waals surface area contributed by atoms with E-state index in [-0.39, 0.29) is 29.5 Å². The second kappa shape index (κ2) is 15.2. The summed E-state index contributed by atoms with van der Waals surface area (Å²) < 4.78 is 61.4. The van der Waals surface area contributed by atoms with Crippen molar-refractivity contribution in [3.63, 3.8) is 0 Å². The molecule has 3 aliphatic rings. The average molecular weight is 879 g/mol. The summed E-state index contributed by atoms with van der Waals surface area (Å²) in [5, 5.41) is 9.60. The number of aliphatic carboxylic acids is 1. The topological polar surface area (TPSA) is 137 Å². The Bertz CT molecular complexity index is 1890. The van der Waals surface area contributed by atoms with Gasteiger partial charge < -0.3 is 10.0 Å². The fraction of sp³-hybridized carbons (Fsp3) is 0.515. The number of halogens is 3. The highest BCUT2D eigenvalue weighted by Gasteiger charge is 2.48. The maximum atomic E-state index is 14.4. The van der Waals surface area contributed by atoms with Gasteiger partial charge in [-0.25, -0.2) is 21.8 Å². The summed E-state index contributed by atoms with van der Waals surface area (Å²) in [5.41, 5.74) is 0.279. The maximum Gasteiger partial charge on any atom is 0.325 e. The van der Waals surface area contributed by atoms with Crippen LogP contribution in [0.25, 0.3) is 0 Å². The molecule has 3 aromatic rings. The molecule has 2 fully saturated rings. The molecule has 0 spiro atoms. The predicted molar refractivity (Wildman–Crippen MR) is 199 cm³/mol. The summed E-state index contributed by atoms with van der Waals surface area (Å²) in [6.45, 7) is 1.68. The number of hydrogen-bond donors (Lipinski definition) is 2. The molecule has 3 unspecified atom stereocenters. The number of hydrogen-bond acceptors (Lipinski definition) is 8. The minimum absolute atomic E-state index is 0.0931. The molecule has 2 saturated heterocycles. The first-order valence-electron chi connectivity index (χ1n) is 16.4. The second-order valence-corrected chi connectivity index (χ2v) is 20.7. The highest BCUT2D eigenvalue weighted by molar-refractivity contribution is 9.11. The van der Waals surface area contributed by atoms with Gasteiger partial charge in [-0.15, -0.1) is 11.3 Å². The van der Waals surface area contributed by atoms with Crippen molar-refractivity contribution in [2.24, 2.45) is 11.8 Å². The van der Waals surface area contributed by atoms with Crippen LogP contribution in [0.15, 0.2) is 61.8 Å². The smallest absolute Gasteiger partial charge is 0.325 e. The van der Waals surface area contributed by atoms with Gasteiger partial charge >= 0.3 is 5.97 Å². The van der Waals surface area contributed by atoms with Crippen molar-refractivity contribution in [3.8, 4) is 0 Å². The molecule has 4 heterocycles. The number of fused-ring (bicyclic) bond motifs is 1. The van der Waals surface area contributed by atoms with E-state index < -0.39 is 36.8 Å². The van der Waals surface area contributed by atoms with Gasteiger partial charge in [-0.1, -0.05) is 48.7 Å². The van der Waals surface area contributed by atoms with Gasteiger partial charge in [0.2, 0.25) is 10.0 Å². The first-order valence-corrected chi connectivity index (χ1v) is 22.2. The molecule has 49 heavy (non-hydrogen) atoms. The van der Waals surface area contributed by atoms with Crippen LogP contribution >= 0.6 is 54.8 Å². The van der Waals surface area contributed by atoms with Crippen LogP contribution in [-0.2, 0) is 37.7 Å². The third-order valence-electron chi connectivity index (χ3n) is 10.3. The fourth-order valence-corrected chi connectivity index (χ4v) is 14.1. The molecule has 10 nitrogen and oxygen atoms in total. The van der Waals surface area contributed by atoms with E-state index in [9.17, 15) is 26.7 Å². The Morgan fingerprint density at radius 3 is 2.43 bits per heavy atom. The number of nitrogens with one attached hydrogen (secondary N) is 1. The summed E-state index contributed by atoms with van der Waals surface area (Å²) in [6, 6.07) is 12.9. The molecule has 0 bridgehead atoms. The molecule has 2 aromatic heterocycles. The Hall–Kier alpha value is -1.59. The summed E-state index contributed by atoms with van der Waals surface area (Å²) in [7, 11) is -7.71. The highest BCUT2D eigenvalue weighted by Crippen LogP contribution is 2.39. The maximum absolute atomic E-state index is 14.4. The van der Waals surface area contributed by atoms with Gasteiger partial charge in [-0.2, -0.15) is 9.03 Å². The number of aryl methyl sites for hydroxylation is 1. The van der Waals surface area contributed by atoms with Gasteiger partial charge in [0.15, 0.2) is 0 Å². The Kier molecular flexibility index (Phi) is 11.5. The van der Waals surface area contributed by atoms with Gasteiger partial charge in [0.05, 0.1) is 9.72 Å². The zero-order valence-electron chi connectivity index (χ0n) is 26.7. The Morgan fingerprint density at radius 1 is 1.02 bits per heavy atom. The lowest BCUT2D eigenvalue weighted by atomic mass is 9.79. The largest absolute Gasteiger partial charge is 0.480 e. The molecule has 1 aromatic carbocycles. The molecule has 0 amide bonds. The number of anilines is 1. The van der Waals surface area contributed by atoms with Crippen LogP contribution < -0.4 is 9.62 Å². The van der Waals surface area contributed by atoms with Gasteiger partial charge in [0.1, 0.15) is 19.9 Å². The lowest BCUT2D eigenvalue weighted by molar-refractivity contribution is -0.144. The number of carboxylic acids is 1. The fourth-order valence-electron chi connectivity index (χ4n) is 7.53. The van der Waals surface area contributed by atoms with Crippen LogP contribution in [0.1, 0.15) is 56.1 Å². The van der Waals surface area contributed by atoms with Crippen molar-refractivity contribution < 1.29 is 26.7 Å². The van der Waals surface area contributed by atoms with Crippen LogP contribution in [-0.4, -0.2) is 74.2 Å². The van der Waals surface area contributed by atoms with Gasteiger partial charge in [0, 0.05) is 43.3 Å². The van der Waals surface area contributed by atoms with Gasteiger partial charge in [0.25, 0.3) is 10.0 Å². The van der Waals surface area contributed by atoms with E-state index in [1.807, 2.05) is 41.3 Å². The SMILES string of the molecule is O=C(O)C1(NS(=O)(=O)C2CN(c3ncccc3Br)CCC2CCCC2CCN(S(=O)(=O)c3cc(Br)c(Cl)s3)CC2)CCc2ccccc2C1. The Labute approximate surface area is 314 Å². The number of rotatable bonds is 11. The minimum atomic E-state index is -4.10. The molecule has 2 aliphatic heterocycles. The Morgan fingerprint density at radius 2 is 1.76 bits per heavy atom. The van der Waals surface area contributed by atoms with E-state index in [0.29, 0.717) is 59.4 Å². The molecule has 1 aliphatic carbocycles. The molecule has 266 valence electrons. The number of benzene rings is 1. The number of piperidine rings is 2. The quantitative estimate of drug-likeness (QED) is 0.217. The summed E-state index contributed by atoms with van der Waals surface area (Å²) in [4.78, 5) is 19.3. The van der Waals surface area contributed by atoms with Crippen molar-refractivity contribution in [1.82, 2.24) is 14.0 Å². The predicted octanol–water partition coefficient (Wildman–Crippen LogP) is 6.72. The molecule has 16 heteroatoms. The molecule has 3 atom stereocenters. The molecule has 0 radical (unpaired) electrons. The summed E-state index contributed by atoms with van der Waals surface area (Å²) >= 11 is 14.0. The van der Waals surface area contributed by atoms with Crippen LogP contribution in [0.5, 0.6) is 0 Å². The zero-order valence-corrected chi connectivity index (χ0v) is 33.1. The number of carbonyl (C=O) groups is 1. The minimum Gasteiger partial charge on any atom is -0.480 e. The van der Waals surface area contributed by atoms with Crippen molar-refractivity contribution in [1.29, 1.82) is 0 Å². The number of sulfonamides is 2. The van der Waals surface area contributed by atoms with Gasteiger partial charge in [-0.3, -0.25) is 4.79 Å². The number of pyridine rings is 1. The van der Waals surface area contributed by atoms with E-state index in [1.165, 1.54) is 4.31 Å². The second-order valence-electron chi connectivity index (χ2n) is 13.3. The number of carboxylic acid groups (broad SMARTS) is 1. The van der Waals surface area contributed by atoms with Crippen LogP contribution in [0.3, 0.4) is 0 Å². The van der Waals surface area contributed by atoms with Crippen LogP contribution in [0.2, 0.25) is 4.34 Å². The van der Waals surface area contributed by atoms with E-state index in [0.717, 1.165) is 52.6 Å². The number of nitrogens with zero attached hydrogens (tertiary/aromatic N) is 3. The van der Waals surface area contributed by atoms with Crippen molar-refractivity contribution >= 4 is 86.6 Å². The third kappa shape index (κ3) is 8.08. The van der Waals surface area contributed by atoms with Crippen molar-refractivity contribution in [3.05, 3.63) is 73.1 Å². The Balaban J connectivity index is 1.14. The molecule has 0 saturated carbocycles. The summed E-state index contributed by atoms with van der Waals surface area (Å²) in [6.07, 6.45) is 6.85. The van der Waals surface area contributed by atoms with E-state index >= 15 is 0 Å². The first kappa shape index (κ1) is 37.2. The standard InChI is InChI=1S/C33H39Br2ClN4O6S3/c34-26-9-4-15-37-31(26)39-16-13-24(8-3-5-22-11-17-40(18-12-22)49(45,46)29-19-27(35)30(36)47-29)28(21-39)48(43,44)38-33(32(41)42)14-10-23-6-1-2-7-25(23)20-33/h1-2,4,6-7,9,15,19,22,24,28,38H,3,5,8,10-14,16-18,20-21H2,(H,41,42). The van der Waals surface area contributed by atoms with E-state index in [4.69, 9.17) is 11.6 Å². The molecule has 6 rings (SSSR count). The van der Waals surface area contributed by atoms with Crippen LogP contribution in [0, 0.1) is 11.8 Å². The number of thiophene rings is 1. The molecular formula is C33H39Br2ClN4O6S3. The average Bonchev–Trinajstić information content (AvgIpc) is 3.43. The lowest BCUT2D eigenvalue weighted by Gasteiger charge is -2.42. The monoisotopic (exact) mass is 876 g/mol.